The molecule has 2 atom stereocenters. The molecule has 0 radical (unpaired) electrons. The number of sulfone groups is 1. The summed E-state index contributed by atoms with van der Waals surface area (Å²) in [7, 11) is -3.17. The van der Waals surface area contributed by atoms with E-state index in [0.717, 1.165) is 0 Å². The normalized spacial score (nSPS) is 20.5. The van der Waals surface area contributed by atoms with Gasteiger partial charge in [0.25, 0.3) is 5.91 Å². The third-order valence-corrected chi connectivity index (χ3v) is 5.18. The van der Waals surface area contributed by atoms with Gasteiger partial charge in [-0.1, -0.05) is 0 Å². The largest absolute Gasteiger partial charge is 0.481 e. The van der Waals surface area contributed by atoms with E-state index in [2.05, 4.69) is 10.9 Å². The summed E-state index contributed by atoms with van der Waals surface area (Å²) in [5, 5.41) is 0. The van der Waals surface area contributed by atoms with E-state index in [1.54, 1.807) is 0 Å². The average molecular weight is 344 g/mol. The van der Waals surface area contributed by atoms with Gasteiger partial charge in [-0.15, -0.1) is 0 Å². The number of ether oxygens (including phenoxy) is 1. The number of nitrogens with one attached hydrogen (secondary N) is 2. The van der Waals surface area contributed by atoms with E-state index in [0.29, 0.717) is 5.75 Å². The van der Waals surface area contributed by atoms with Crippen LogP contribution in [0.5, 0.6) is 5.75 Å². The van der Waals surface area contributed by atoms with Gasteiger partial charge in [0.15, 0.2) is 15.9 Å². The first-order chi connectivity index (χ1) is 10.8. The molecule has 126 valence electrons. The molecule has 1 aromatic carbocycles. The van der Waals surface area contributed by atoms with Crippen LogP contribution in [0, 0.1) is 11.7 Å². The molecule has 2 rings (SSSR count). The van der Waals surface area contributed by atoms with Crippen LogP contribution in [0.4, 0.5) is 4.39 Å². The van der Waals surface area contributed by atoms with Gasteiger partial charge in [0.1, 0.15) is 11.6 Å². The summed E-state index contributed by atoms with van der Waals surface area (Å²) in [6.45, 7) is 1.46. The molecule has 1 saturated heterocycles. The second-order valence-electron chi connectivity index (χ2n) is 5.29. The van der Waals surface area contributed by atoms with Crippen LogP contribution in [-0.4, -0.2) is 37.8 Å². The van der Waals surface area contributed by atoms with Crippen molar-refractivity contribution in [1.29, 1.82) is 0 Å². The van der Waals surface area contributed by atoms with Crippen molar-refractivity contribution in [3.8, 4) is 5.75 Å². The van der Waals surface area contributed by atoms with Gasteiger partial charge in [0.2, 0.25) is 5.91 Å². The Morgan fingerprint density at radius 3 is 2.48 bits per heavy atom. The first kappa shape index (κ1) is 17.2. The zero-order valence-corrected chi connectivity index (χ0v) is 13.2. The van der Waals surface area contributed by atoms with Gasteiger partial charge in [-0.2, -0.15) is 0 Å². The lowest BCUT2D eigenvalue weighted by molar-refractivity contribution is -0.134. The van der Waals surface area contributed by atoms with E-state index < -0.39 is 39.5 Å². The zero-order valence-electron chi connectivity index (χ0n) is 12.4. The Morgan fingerprint density at radius 2 is 1.91 bits per heavy atom. The molecule has 2 amide bonds. The molecule has 0 bridgehead atoms. The molecule has 0 spiro atoms. The Hall–Kier alpha value is -2.16. The lowest BCUT2D eigenvalue weighted by Gasteiger charge is -2.16. The van der Waals surface area contributed by atoms with Crippen LogP contribution in [0.2, 0.25) is 0 Å². The van der Waals surface area contributed by atoms with Crippen LogP contribution in [0.15, 0.2) is 24.3 Å². The molecule has 0 aromatic heterocycles. The summed E-state index contributed by atoms with van der Waals surface area (Å²) in [4.78, 5) is 23.6. The number of benzene rings is 1. The van der Waals surface area contributed by atoms with E-state index in [4.69, 9.17) is 4.74 Å². The first-order valence-corrected chi connectivity index (χ1v) is 8.81. The maximum Gasteiger partial charge on any atom is 0.279 e. The molecule has 0 aliphatic carbocycles. The predicted octanol–water partition coefficient (Wildman–Crippen LogP) is 0.175. The van der Waals surface area contributed by atoms with Gasteiger partial charge in [-0.25, -0.2) is 12.8 Å². The highest BCUT2D eigenvalue weighted by Gasteiger charge is 2.33. The monoisotopic (exact) mass is 344 g/mol. The number of halogens is 1. The van der Waals surface area contributed by atoms with Crippen LogP contribution < -0.4 is 15.6 Å². The highest BCUT2D eigenvalue weighted by molar-refractivity contribution is 7.91. The number of carbonyl (C=O) groups is 2. The van der Waals surface area contributed by atoms with Gasteiger partial charge in [-0.05, 0) is 37.6 Å². The van der Waals surface area contributed by atoms with Crippen molar-refractivity contribution >= 4 is 21.7 Å². The van der Waals surface area contributed by atoms with E-state index >= 15 is 0 Å². The highest BCUT2D eigenvalue weighted by Crippen LogP contribution is 2.18. The van der Waals surface area contributed by atoms with Gasteiger partial charge < -0.3 is 4.74 Å². The SMILES string of the molecule is C[C@@H](Oc1ccc(F)cc1)C(=O)NNC(=O)[C@@H]1CCS(=O)(=O)C1. The quantitative estimate of drug-likeness (QED) is 0.759. The smallest absolute Gasteiger partial charge is 0.279 e. The van der Waals surface area contributed by atoms with Gasteiger partial charge in [0, 0.05) is 0 Å². The molecule has 1 fully saturated rings. The van der Waals surface area contributed by atoms with E-state index in [1.807, 2.05) is 0 Å². The topological polar surface area (TPSA) is 102 Å². The molecule has 1 aliphatic heterocycles. The predicted molar refractivity (Wildman–Crippen MR) is 79.5 cm³/mol. The lowest BCUT2D eigenvalue weighted by Crippen LogP contribution is -2.49. The summed E-state index contributed by atoms with van der Waals surface area (Å²) in [6, 6.07) is 5.15. The Bertz CT molecular complexity index is 690. The molecule has 0 unspecified atom stereocenters. The Balaban J connectivity index is 1.80. The fourth-order valence-electron chi connectivity index (χ4n) is 2.10. The Kier molecular flexibility index (Phi) is 5.19. The van der Waals surface area contributed by atoms with Crippen molar-refractivity contribution < 1.29 is 27.1 Å². The first-order valence-electron chi connectivity index (χ1n) is 6.99. The van der Waals surface area contributed by atoms with E-state index in [9.17, 15) is 22.4 Å². The molecule has 1 aliphatic rings. The van der Waals surface area contributed by atoms with E-state index in [1.165, 1.54) is 31.2 Å². The van der Waals surface area contributed by atoms with Crippen LogP contribution >= 0.6 is 0 Å². The molecule has 0 saturated carbocycles. The summed E-state index contributed by atoms with van der Waals surface area (Å²) in [5.41, 5.74) is 4.38. The minimum Gasteiger partial charge on any atom is -0.481 e. The van der Waals surface area contributed by atoms with Crippen LogP contribution in [0.1, 0.15) is 13.3 Å². The summed E-state index contributed by atoms with van der Waals surface area (Å²) < 4.78 is 40.7. The molecule has 1 heterocycles. The van der Waals surface area contributed by atoms with Crippen LogP contribution in [-0.2, 0) is 19.4 Å². The molecule has 7 nitrogen and oxygen atoms in total. The molecule has 9 heteroatoms. The van der Waals surface area contributed by atoms with Crippen LogP contribution in [0.3, 0.4) is 0 Å². The Labute approximate surface area is 133 Å². The molecular weight excluding hydrogens is 327 g/mol. The number of rotatable bonds is 4. The summed E-state index contributed by atoms with van der Waals surface area (Å²) in [5.74, 6) is -2.17. The lowest BCUT2D eigenvalue weighted by atomic mass is 10.1. The molecule has 23 heavy (non-hydrogen) atoms. The second-order valence-corrected chi connectivity index (χ2v) is 7.52. The minimum absolute atomic E-state index is 0.0247. The minimum atomic E-state index is -3.17. The fraction of sp³-hybridized carbons (Fsp3) is 0.429. The van der Waals surface area contributed by atoms with Gasteiger partial charge in [0.05, 0.1) is 17.4 Å². The van der Waals surface area contributed by atoms with Crippen molar-refractivity contribution in [2.45, 2.75) is 19.4 Å². The second kappa shape index (κ2) is 6.95. The number of hydrogen-bond donors (Lipinski definition) is 2. The maximum atomic E-state index is 12.8. The average Bonchev–Trinajstić information content (AvgIpc) is 2.87. The van der Waals surface area contributed by atoms with Crippen LogP contribution in [0.25, 0.3) is 0 Å². The third kappa shape index (κ3) is 4.92. The number of carbonyl (C=O) groups excluding carboxylic acids is 2. The van der Waals surface area contributed by atoms with Crippen molar-refractivity contribution in [3.63, 3.8) is 0 Å². The van der Waals surface area contributed by atoms with Gasteiger partial charge in [-0.3, -0.25) is 20.4 Å². The number of amides is 2. The number of hydrazine groups is 1. The van der Waals surface area contributed by atoms with Crippen molar-refractivity contribution in [2.75, 3.05) is 11.5 Å². The van der Waals surface area contributed by atoms with Gasteiger partial charge >= 0.3 is 0 Å². The zero-order chi connectivity index (χ0) is 17.0. The third-order valence-electron chi connectivity index (χ3n) is 3.41. The summed E-state index contributed by atoms with van der Waals surface area (Å²) >= 11 is 0. The summed E-state index contributed by atoms with van der Waals surface area (Å²) in [6.07, 6.45) is -0.681. The highest BCUT2D eigenvalue weighted by atomic mass is 32.2. The molecular formula is C14H17FN2O5S. The molecule has 1 aromatic rings. The standard InChI is InChI=1S/C14H17FN2O5S/c1-9(22-12-4-2-11(15)3-5-12)13(18)16-17-14(19)10-6-7-23(20,21)8-10/h2-5,9-10H,6-8H2,1H3,(H,16,18)(H,17,19)/t9-,10-/m1/s1. The number of hydrogen-bond acceptors (Lipinski definition) is 5. The molecule has 2 N–H and O–H groups in total. The maximum absolute atomic E-state index is 12.8. The van der Waals surface area contributed by atoms with E-state index in [-0.39, 0.29) is 17.9 Å². The van der Waals surface area contributed by atoms with Crippen molar-refractivity contribution in [2.24, 2.45) is 5.92 Å². The Morgan fingerprint density at radius 1 is 1.26 bits per heavy atom. The van der Waals surface area contributed by atoms with Crippen molar-refractivity contribution in [1.82, 2.24) is 10.9 Å². The van der Waals surface area contributed by atoms with Crippen molar-refractivity contribution in [3.05, 3.63) is 30.1 Å². The fourth-order valence-corrected chi connectivity index (χ4v) is 3.84.